The van der Waals surface area contributed by atoms with Gasteiger partial charge in [0.05, 0.1) is 6.04 Å². The fraction of sp³-hybridized carbons (Fsp3) is 0.478. The third-order valence-corrected chi connectivity index (χ3v) is 8.21. The molecule has 4 rings (SSSR count). The van der Waals surface area contributed by atoms with Crippen molar-refractivity contribution >= 4 is 15.9 Å². The summed E-state index contributed by atoms with van der Waals surface area (Å²) in [5.74, 6) is -0.149. The summed E-state index contributed by atoms with van der Waals surface area (Å²) in [6, 6.07) is 9.69. The maximum Gasteiger partial charge on any atom is 0.244 e. The number of carbonyl (C=O) groups is 1. The highest BCUT2D eigenvalue weighted by atomic mass is 32.2. The Balaban J connectivity index is 1.34. The minimum atomic E-state index is -3.55. The second-order valence-electron chi connectivity index (χ2n) is 8.33. The van der Waals surface area contributed by atoms with Crippen molar-refractivity contribution in [3.05, 3.63) is 59.4 Å². The van der Waals surface area contributed by atoms with Crippen LogP contribution in [0.3, 0.4) is 0 Å². The Morgan fingerprint density at radius 3 is 2.57 bits per heavy atom. The van der Waals surface area contributed by atoms with Crippen molar-refractivity contribution in [3.63, 3.8) is 0 Å². The molecule has 1 N–H and O–H groups in total. The number of piperidine rings is 1. The van der Waals surface area contributed by atoms with Gasteiger partial charge in [-0.25, -0.2) is 8.42 Å². The quantitative estimate of drug-likeness (QED) is 0.795. The van der Waals surface area contributed by atoms with Gasteiger partial charge in [0.25, 0.3) is 0 Å². The zero-order valence-electron chi connectivity index (χ0n) is 17.4. The molecule has 2 aromatic rings. The van der Waals surface area contributed by atoms with Gasteiger partial charge >= 0.3 is 0 Å². The van der Waals surface area contributed by atoms with E-state index in [1.807, 2.05) is 6.92 Å². The third kappa shape index (κ3) is 4.42. The molecule has 0 radical (unpaired) electrons. The lowest BCUT2D eigenvalue weighted by Crippen LogP contribution is -2.43. The first-order chi connectivity index (χ1) is 14.4. The summed E-state index contributed by atoms with van der Waals surface area (Å²) >= 11 is 0. The molecule has 1 aliphatic heterocycles. The van der Waals surface area contributed by atoms with Crippen LogP contribution >= 0.6 is 0 Å². The minimum Gasteiger partial charge on any atom is -0.349 e. The topological polar surface area (TPSA) is 79.4 Å². The first kappa shape index (κ1) is 21.0. The van der Waals surface area contributed by atoms with Gasteiger partial charge in [-0.15, -0.1) is 0 Å². The fourth-order valence-corrected chi connectivity index (χ4v) is 5.88. The molecule has 0 spiro atoms. The number of hydrogen-bond donors (Lipinski definition) is 1. The van der Waals surface area contributed by atoms with Crippen molar-refractivity contribution in [2.75, 3.05) is 13.1 Å². The predicted octanol–water partition coefficient (Wildman–Crippen LogP) is 3.24. The highest BCUT2D eigenvalue weighted by Crippen LogP contribution is 2.27. The Morgan fingerprint density at radius 1 is 1.13 bits per heavy atom. The van der Waals surface area contributed by atoms with E-state index in [1.54, 1.807) is 18.3 Å². The highest BCUT2D eigenvalue weighted by molar-refractivity contribution is 7.89. The summed E-state index contributed by atoms with van der Waals surface area (Å²) in [5, 5.41) is 3.14. The van der Waals surface area contributed by atoms with E-state index in [1.165, 1.54) is 34.5 Å². The second-order valence-corrected chi connectivity index (χ2v) is 10.3. The van der Waals surface area contributed by atoms with Crippen LogP contribution in [0.5, 0.6) is 0 Å². The molecule has 160 valence electrons. The number of hydrogen-bond acceptors (Lipinski definition) is 4. The summed E-state index contributed by atoms with van der Waals surface area (Å²) in [6.07, 6.45) is 8.74. The van der Waals surface area contributed by atoms with Crippen LogP contribution in [0.25, 0.3) is 0 Å². The third-order valence-electron chi connectivity index (χ3n) is 6.33. The van der Waals surface area contributed by atoms with E-state index in [2.05, 4.69) is 28.5 Å². The maximum absolute atomic E-state index is 12.8. The number of rotatable bonds is 5. The number of carbonyl (C=O) groups excluding carboxylic acids is 1. The number of nitrogens with one attached hydrogen (secondary N) is 1. The zero-order chi connectivity index (χ0) is 21.1. The van der Waals surface area contributed by atoms with Crippen molar-refractivity contribution < 1.29 is 13.2 Å². The number of fused-ring (bicyclic) bond motifs is 1. The zero-order valence-corrected chi connectivity index (χ0v) is 18.2. The van der Waals surface area contributed by atoms with Gasteiger partial charge in [0.2, 0.25) is 15.9 Å². The summed E-state index contributed by atoms with van der Waals surface area (Å²) in [7, 11) is -3.55. The van der Waals surface area contributed by atoms with Crippen molar-refractivity contribution in [3.8, 4) is 0 Å². The lowest BCUT2D eigenvalue weighted by molar-refractivity contribution is -0.126. The lowest BCUT2D eigenvalue weighted by Gasteiger charge is -2.31. The Morgan fingerprint density at radius 2 is 1.87 bits per heavy atom. The molecule has 0 bridgehead atoms. The number of nitrogens with zero attached hydrogens (tertiary/aromatic N) is 2. The molecular formula is C23H29N3O3S. The summed E-state index contributed by atoms with van der Waals surface area (Å²) in [4.78, 5) is 16.9. The van der Waals surface area contributed by atoms with Crippen LogP contribution in [0.2, 0.25) is 0 Å². The van der Waals surface area contributed by atoms with Crippen LogP contribution in [0.4, 0.5) is 0 Å². The Labute approximate surface area is 178 Å². The monoisotopic (exact) mass is 427 g/mol. The van der Waals surface area contributed by atoms with E-state index in [4.69, 9.17) is 0 Å². The number of amides is 1. The Hall–Kier alpha value is -2.25. The molecular weight excluding hydrogens is 398 g/mol. The van der Waals surface area contributed by atoms with Gasteiger partial charge in [0, 0.05) is 31.4 Å². The van der Waals surface area contributed by atoms with E-state index < -0.39 is 10.0 Å². The molecule has 30 heavy (non-hydrogen) atoms. The van der Waals surface area contributed by atoms with Crippen LogP contribution in [0.1, 0.15) is 55.3 Å². The van der Waals surface area contributed by atoms with E-state index in [0.29, 0.717) is 25.9 Å². The van der Waals surface area contributed by atoms with Crippen LogP contribution in [0, 0.1) is 5.92 Å². The molecule has 1 atom stereocenters. The van der Waals surface area contributed by atoms with E-state index >= 15 is 0 Å². The average Bonchev–Trinajstić information content (AvgIpc) is 2.79. The molecule has 1 aromatic carbocycles. The molecule has 2 aliphatic rings. The van der Waals surface area contributed by atoms with Crippen LogP contribution in [-0.4, -0.2) is 36.7 Å². The number of aryl methyl sites for hydroxylation is 2. The van der Waals surface area contributed by atoms with Gasteiger partial charge < -0.3 is 5.32 Å². The van der Waals surface area contributed by atoms with Crippen LogP contribution < -0.4 is 5.32 Å². The molecule has 1 amide bonds. The van der Waals surface area contributed by atoms with Gasteiger partial charge in [-0.2, -0.15) is 4.31 Å². The number of pyridine rings is 1. The Kier molecular flexibility index (Phi) is 6.20. The van der Waals surface area contributed by atoms with Gasteiger partial charge in [0.1, 0.15) is 4.90 Å². The van der Waals surface area contributed by atoms with Gasteiger partial charge in [0.15, 0.2) is 0 Å². The molecule has 2 heterocycles. The van der Waals surface area contributed by atoms with Gasteiger partial charge in [-0.05, 0) is 74.3 Å². The second kappa shape index (κ2) is 8.86. The van der Waals surface area contributed by atoms with Crippen molar-refractivity contribution in [1.82, 2.24) is 14.6 Å². The standard InChI is InChI=1S/C23H29N3O3S/c1-17(20-9-8-18-5-2-3-6-21(18)15-20)25-23(27)19-10-13-26(14-11-19)30(28,29)22-7-4-12-24-16-22/h4,7-9,12,15-17,19H,2-3,5-6,10-11,13-14H2,1H3,(H,25,27). The largest absolute Gasteiger partial charge is 0.349 e. The predicted molar refractivity (Wildman–Crippen MR) is 115 cm³/mol. The van der Waals surface area contributed by atoms with Crippen LogP contribution in [0.15, 0.2) is 47.6 Å². The first-order valence-corrected chi connectivity index (χ1v) is 12.2. The maximum atomic E-state index is 12.8. The molecule has 7 heteroatoms. The van der Waals surface area contributed by atoms with Gasteiger partial charge in [-0.3, -0.25) is 9.78 Å². The molecule has 1 fully saturated rings. The van der Waals surface area contributed by atoms with E-state index in [9.17, 15) is 13.2 Å². The fourth-order valence-electron chi connectivity index (χ4n) is 4.44. The SMILES string of the molecule is CC(NC(=O)C1CCN(S(=O)(=O)c2cccnc2)CC1)c1ccc2c(c1)CCCC2. The van der Waals surface area contributed by atoms with E-state index in [-0.39, 0.29) is 22.8 Å². The molecule has 1 saturated heterocycles. The average molecular weight is 428 g/mol. The minimum absolute atomic E-state index is 0.0126. The number of aromatic nitrogens is 1. The normalized spacial score (nSPS) is 19.1. The summed E-state index contributed by atoms with van der Waals surface area (Å²) in [6.45, 7) is 2.72. The molecule has 1 unspecified atom stereocenters. The lowest BCUT2D eigenvalue weighted by atomic mass is 9.89. The molecule has 0 saturated carbocycles. The van der Waals surface area contributed by atoms with Crippen molar-refractivity contribution in [1.29, 1.82) is 0 Å². The summed E-state index contributed by atoms with van der Waals surface area (Å²) in [5.41, 5.74) is 3.99. The summed E-state index contributed by atoms with van der Waals surface area (Å²) < 4.78 is 26.9. The Bertz CT molecular complexity index is 1000. The van der Waals surface area contributed by atoms with Crippen LogP contribution in [-0.2, 0) is 27.7 Å². The van der Waals surface area contributed by atoms with Crippen molar-refractivity contribution in [2.24, 2.45) is 5.92 Å². The number of benzene rings is 1. The van der Waals surface area contributed by atoms with Gasteiger partial charge in [-0.1, -0.05) is 18.2 Å². The molecule has 6 nitrogen and oxygen atoms in total. The van der Waals surface area contributed by atoms with E-state index in [0.717, 1.165) is 18.4 Å². The van der Waals surface area contributed by atoms with Crippen molar-refractivity contribution in [2.45, 2.75) is 56.4 Å². The molecule has 1 aliphatic carbocycles. The smallest absolute Gasteiger partial charge is 0.244 e. The first-order valence-electron chi connectivity index (χ1n) is 10.8. The molecule has 1 aromatic heterocycles. The number of sulfonamides is 1. The highest BCUT2D eigenvalue weighted by Gasteiger charge is 2.32.